The van der Waals surface area contributed by atoms with Crippen LogP contribution in [-0.2, 0) is 6.54 Å². The summed E-state index contributed by atoms with van der Waals surface area (Å²) in [5, 5.41) is 8.26. The van der Waals surface area contributed by atoms with Gasteiger partial charge >= 0.3 is 0 Å². The highest BCUT2D eigenvalue weighted by molar-refractivity contribution is 14.0. The van der Waals surface area contributed by atoms with Crippen LogP contribution >= 0.6 is 35.6 Å². The molecule has 0 unspecified atom stereocenters. The van der Waals surface area contributed by atoms with Gasteiger partial charge in [0.2, 0.25) is 0 Å². The topological polar surface area (TPSA) is 61.6 Å². The molecule has 1 fully saturated rings. The van der Waals surface area contributed by atoms with E-state index >= 15 is 0 Å². The van der Waals surface area contributed by atoms with Gasteiger partial charge in [0.15, 0.2) is 5.96 Å². The summed E-state index contributed by atoms with van der Waals surface area (Å²) in [6.45, 7) is 5.28. The van der Waals surface area contributed by atoms with Crippen LogP contribution in [-0.4, -0.2) is 65.4 Å². The molecule has 0 aliphatic carbocycles. The highest BCUT2D eigenvalue weighted by atomic mass is 127. The summed E-state index contributed by atoms with van der Waals surface area (Å²) >= 11 is 6.09. The average molecular weight is 476 g/mol. The van der Waals surface area contributed by atoms with Crippen LogP contribution in [0.25, 0.3) is 0 Å². The second-order valence-corrected chi connectivity index (χ2v) is 6.02. The highest BCUT2D eigenvalue weighted by Gasteiger charge is 2.19. The number of nitrogens with zero attached hydrogens (tertiary/aromatic N) is 6. The fourth-order valence-corrected chi connectivity index (χ4v) is 3.00. The normalized spacial score (nSPS) is 15.0. The van der Waals surface area contributed by atoms with Gasteiger partial charge in [0.25, 0.3) is 0 Å². The Morgan fingerprint density at radius 3 is 2.72 bits per heavy atom. The fraction of sp³-hybridized carbons (Fsp3) is 0.438. The molecule has 9 heteroatoms. The molecule has 0 spiro atoms. The minimum absolute atomic E-state index is 0. The zero-order valence-electron chi connectivity index (χ0n) is 14.2. The molecule has 2 aromatic rings. The summed E-state index contributed by atoms with van der Waals surface area (Å²) in [5.74, 6) is 0.931. The lowest BCUT2D eigenvalue weighted by atomic mass is 10.2. The van der Waals surface area contributed by atoms with Crippen LogP contribution in [0.2, 0.25) is 5.02 Å². The van der Waals surface area contributed by atoms with Crippen LogP contribution in [0, 0.1) is 0 Å². The minimum Gasteiger partial charge on any atom is -0.368 e. The molecule has 1 N–H and O–H groups in total. The van der Waals surface area contributed by atoms with Crippen molar-refractivity contribution in [2.75, 3.05) is 44.7 Å². The van der Waals surface area contributed by atoms with E-state index in [9.17, 15) is 0 Å². The molecule has 2 heterocycles. The highest BCUT2D eigenvalue weighted by Crippen LogP contribution is 2.20. The first-order valence-electron chi connectivity index (χ1n) is 8.05. The summed E-state index contributed by atoms with van der Waals surface area (Å²) in [4.78, 5) is 13.0. The third kappa shape index (κ3) is 5.46. The second-order valence-electron chi connectivity index (χ2n) is 5.59. The van der Waals surface area contributed by atoms with E-state index < -0.39 is 0 Å². The van der Waals surface area contributed by atoms with Crippen molar-refractivity contribution in [2.45, 2.75) is 6.54 Å². The molecule has 7 nitrogen and oxygen atoms in total. The Labute approximate surface area is 170 Å². The standard InChI is InChI=1S/C16H22ClN7.HI/c1-18-16(20-5-6-24-13-19-12-21-24)23-9-7-22(8-10-23)15-4-2-3-14(17)11-15;/h2-4,11-13H,5-10H2,1H3,(H,18,20);1H. The third-order valence-electron chi connectivity index (χ3n) is 4.05. The largest absolute Gasteiger partial charge is 0.368 e. The number of aromatic nitrogens is 3. The van der Waals surface area contributed by atoms with Crippen LogP contribution in [0.15, 0.2) is 41.9 Å². The number of anilines is 1. The molecule has 1 saturated heterocycles. The Morgan fingerprint density at radius 2 is 2.08 bits per heavy atom. The van der Waals surface area contributed by atoms with Crippen molar-refractivity contribution in [3.05, 3.63) is 41.9 Å². The van der Waals surface area contributed by atoms with E-state index in [1.54, 1.807) is 17.3 Å². The molecule has 0 atom stereocenters. The quantitative estimate of drug-likeness (QED) is 0.416. The number of nitrogens with one attached hydrogen (secondary N) is 1. The van der Waals surface area contributed by atoms with Gasteiger partial charge in [0.05, 0.1) is 6.54 Å². The number of halogens is 2. The van der Waals surface area contributed by atoms with E-state index in [0.717, 1.165) is 50.3 Å². The Morgan fingerprint density at radius 1 is 1.28 bits per heavy atom. The fourth-order valence-electron chi connectivity index (χ4n) is 2.81. The number of benzene rings is 1. The molecule has 0 saturated carbocycles. The van der Waals surface area contributed by atoms with E-state index in [1.807, 2.05) is 25.2 Å². The van der Waals surface area contributed by atoms with E-state index in [2.05, 4.69) is 36.3 Å². The molecule has 0 bridgehead atoms. The summed E-state index contributed by atoms with van der Waals surface area (Å²) in [7, 11) is 1.82. The third-order valence-corrected chi connectivity index (χ3v) is 4.29. The predicted molar refractivity (Wildman–Crippen MR) is 112 cm³/mol. The summed E-state index contributed by atoms with van der Waals surface area (Å²) in [6.07, 6.45) is 3.26. The first-order valence-corrected chi connectivity index (χ1v) is 8.42. The van der Waals surface area contributed by atoms with Crippen LogP contribution in [0.5, 0.6) is 0 Å². The molecule has 1 aromatic heterocycles. The van der Waals surface area contributed by atoms with E-state index in [1.165, 1.54) is 5.69 Å². The van der Waals surface area contributed by atoms with Crippen LogP contribution in [0.4, 0.5) is 5.69 Å². The maximum Gasteiger partial charge on any atom is 0.193 e. The van der Waals surface area contributed by atoms with Gasteiger partial charge in [-0.3, -0.25) is 9.67 Å². The van der Waals surface area contributed by atoms with Gasteiger partial charge in [-0.25, -0.2) is 4.98 Å². The van der Waals surface area contributed by atoms with Gasteiger partial charge in [-0.05, 0) is 18.2 Å². The lowest BCUT2D eigenvalue weighted by Gasteiger charge is -2.37. The summed E-state index contributed by atoms with van der Waals surface area (Å²) in [5.41, 5.74) is 1.18. The second kappa shape index (κ2) is 9.81. The van der Waals surface area contributed by atoms with Crippen molar-refractivity contribution in [3.63, 3.8) is 0 Å². The van der Waals surface area contributed by atoms with Gasteiger partial charge in [0, 0.05) is 50.5 Å². The predicted octanol–water partition coefficient (Wildman–Crippen LogP) is 1.95. The van der Waals surface area contributed by atoms with Gasteiger partial charge in [-0.2, -0.15) is 5.10 Å². The van der Waals surface area contributed by atoms with Gasteiger partial charge < -0.3 is 15.1 Å². The zero-order valence-corrected chi connectivity index (χ0v) is 17.3. The van der Waals surface area contributed by atoms with Gasteiger partial charge in [-0.1, -0.05) is 17.7 Å². The molecule has 3 rings (SSSR count). The Bertz CT molecular complexity index is 669. The SMILES string of the molecule is CN=C(NCCn1cncn1)N1CCN(c2cccc(Cl)c2)CC1.I. The molecule has 1 aliphatic rings. The summed E-state index contributed by atoms with van der Waals surface area (Å²) in [6, 6.07) is 8.02. The first kappa shape index (κ1) is 19.8. The Kier molecular flexibility index (Phi) is 7.76. The lowest BCUT2D eigenvalue weighted by molar-refractivity contribution is 0.371. The Balaban J connectivity index is 0.00000225. The molecule has 0 radical (unpaired) electrons. The van der Waals surface area contributed by atoms with E-state index in [-0.39, 0.29) is 24.0 Å². The van der Waals surface area contributed by atoms with Crippen molar-refractivity contribution in [1.29, 1.82) is 0 Å². The number of rotatable bonds is 4. The summed E-state index contributed by atoms with van der Waals surface area (Å²) < 4.78 is 1.80. The maximum absolute atomic E-state index is 6.09. The molecule has 0 amide bonds. The molecule has 25 heavy (non-hydrogen) atoms. The van der Waals surface area contributed by atoms with Crippen LogP contribution < -0.4 is 10.2 Å². The molecule has 1 aromatic carbocycles. The molecular weight excluding hydrogens is 453 g/mol. The van der Waals surface area contributed by atoms with Crippen molar-refractivity contribution in [1.82, 2.24) is 25.0 Å². The number of guanidine groups is 1. The molecule has 136 valence electrons. The van der Waals surface area contributed by atoms with E-state index in [0.29, 0.717) is 0 Å². The molecule has 1 aliphatic heterocycles. The number of hydrogen-bond donors (Lipinski definition) is 1. The molecular formula is C16H23ClIN7. The van der Waals surface area contributed by atoms with Crippen molar-refractivity contribution >= 4 is 47.2 Å². The number of piperazine rings is 1. The van der Waals surface area contributed by atoms with Crippen molar-refractivity contribution in [2.24, 2.45) is 4.99 Å². The minimum atomic E-state index is 0. The van der Waals surface area contributed by atoms with Crippen molar-refractivity contribution < 1.29 is 0 Å². The van der Waals surface area contributed by atoms with Crippen LogP contribution in [0.3, 0.4) is 0 Å². The van der Waals surface area contributed by atoms with Crippen molar-refractivity contribution in [3.8, 4) is 0 Å². The average Bonchev–Trinajstić information content (AvgIpc) is 3.12. The number of hydrogen-bond acceptors (Lipinski definition) is 4. The maximum atomic E-state index is 6.09. The smallest absolute Gasteiger partial charge is 0.193 e. The van der Waals surface area contributed by atoms with Gasteiger partial charge in [-0.15, -0.1) is 24.0 Å². The van der Waals surface area contributed by atoms with E-state index in [4.69, 9.17) is 11.6 Å². The first-order chi connectivity index (χ1) is 11.8. The monoisotopic (exact) mass is 475 g/mol. The van der Waals surface area contributed by atoms with Gasteiger partial charge in [0.1, 0.15) is 12.7 Å². The zero-order chi connectivity index (χ0) is 16.8. The lowest BCUT2D eigenvalue weighted by Crippen LogP contribution is -2.52. The number of aliphatic imine (C=N–C) groups is 1. The van der Waals surface area contributed by atoms with Crippen LogP contribution in [0.1, 0.15) is 0 Å². The Hall–Kier alpha value is -1.55.